The number of hydrogen-bond donors (Lipinski definition) is 1. The van der Waals surface area contributed by atoms with Gasteiger partial charge in [0.05, 0.1) is 6.61 Å². The summed E-state index contributed by atoms with van der Waals surface area (Å²) in [4.78, 5) is 11.3. The highest BCUT2D eigenvalue weighted by Gasteiger charge is 2.41. The topological polar surface area (TPSA) is 61.6 Å². The number of rotatable bonds is 4. The van der Waals surface area contributed by atoms with Crippen LogP contribution >= 0.6 is 11.6 Å². The quantitative estimate of drug-likeness (QED) is 0.823. The van der Waals surface area contributed by atoms with E-state index in [2.05, 4.69) is 19.9 Å². The highest BCUT2D eigenvalue weighted by Crippen LogP contribution is 2.48. The van der Waals surface area contributed by atoms with Crippen LogP contribution in [0.5, 0.6) is 5.75 Å². The summed E-state index contributed by atoms with van der Waals surface area (Å²) in [7, 11) is 0. The number of benzene rings is 2. The Kier molecular flexibility index (Phi) is 4.65. The average molecular weight is 360 g/mol. The molecule has 1 unspecified atom stereocenters. The Labute approximate surface area is 152 Å². The van der Waals surface area contributed by atoms with Gasteiger partial charge in [-0.25, -0.2) is 4.79 Å². The van der Waals surface area contributed by atoms with Crippen molar-refractivity contribution in [2.24, 2.45) is 11.1 Å². The second kappa shape index (κ2) is 6.60. The number of halogens is 1. The molecule has 0 spiro atoms. The Balaban J connectivity index is 2.01. The predicted octanol–water partition coefficient (Wildman–Crippen LogP) is 5.12. The number of amides is 1. The molecule has 0 fully saturated rings. The number of hydrogen-bond acceptors (Lipinski definition) is 3. The van der Waals surface area contributed by atoms with Crippen molar-refractivity contribution in [3.05, 3.63) is 52.5 Å². The molecule has 2 aromatic rings. The second-order valence-electron chi connectivity index (χ2n) is 6.97. The van der Waals surface area contributed by atoms with Crippen LogP contribution in [-0.4, -0.2) is 12.7 Å². The molecule has 0 heterocycles. The van der Waals surface area contributed by atoms with E-state index >= 15 is 0 Å². The van der Waals surface area contributed by atoms with Gasteiger partial charge in [-0.15, -0.1) is 0 Å². The van der Waals surface area contributed by atoms with Crippen molar-refractivity contribution in [2.45, 2.75) is 33.3 Å². The first-order valence-corrected chi connectivity index (χ1v) is 8.71. The normalized spacial score (nSPS) is 17.8. The third kappa shape index (κ3) is 3.45. The number of carbonyl (C=O) groups is 1. The zero-order valence-corrected chi connectivity index (χ0v) is 15.4. The largest absolute Gasteiger partial charge is 0.494 e. The summed E-state index contributed by atoms with van der Waals surface area (Å²) in [6.45, 7) is 6.70. The molecule has 0 radical (unpaired) electrons. The van der Waals surface area contributed by atoms with Crippen LogP contribution in [0.25, 0.3) is 11.1 Å². The Bertz CT molecular complexity index is 817. The Morgan fingerprint density at radius 2 is 2.04 bits per heavy atom. The van der Waals surface area contributed by atoms with Crippen LogP contribution in [0.2, 0.25) is 5.02 Å². The van der Waals surface area contributed by atoms with Gasteiger partial charge in [0.15, 0.2) is 0 Å². The van der Waals surface area contributed by atoms with Crippen molar-refractivity contribution in [1.82, 2.24) is 0 Å². The fraction of sp³-hybridized carbons (Fsp3) is 0.350. The molecule has 1 aliphatic carbocycles. The minimum absolute atomic E-state index is 0.201. The van der Waals surface area contributed by atoms with Gasteiger partial charge in [-0.3, -0.25) is 0 Å². The van der Waals surface area contributed by atoms with Crippen LogP contribution in [0.15, 0.2) is 36.4 Å². The summed E-state index contributed by atoms with van der Waals surface area (Å²) >= 11 is 6.39. The minimum atomic E-state index is -0.748. The minimum Gasteiger partial charge on any atom is -0.494 e. The second-order valence-corrected chi connectivity index (χ2v) is 7.38. The monoisotopic (exact) mass is 359 g/mol. The van der Waals surface area contributed by atoms with Crippen LogP contribution < -0.4 is 10.5 Å². The molecule has 132 valence electrons. The van der Waals surface area contributed by atoms with Crippen molar-refractivity contribution in [3.63, 3.8) is 0 Å². The van der Waals surface area contributed by atoms with Gasteiger partial charge in [0, 0.05) is 16.0 Å². The number of nitrogens with two attached hydrogens (primary N) is 1. The van der Waals surface area contributed by atoms with Crippen molar-refractivity contribution in [2.75, 3.05) is 6.61 Å². The first-order chi connectivity index (χ1) is 11.8. The van der Waals surface area contributed by atoms with Gasteiger partial charge in [-0.05, 0) is 48.2 Å². The van der Waals surface area contributed by atoms with E-state index in [0.29, 0.717) is 11.6 Å². The van der Waals surface area contributed by atoms with Crippen molar-refractivity contribution >= 4 is 17.7 Å². The van der Waals surface area contributed by atoms with Gasteiger partial charge in [0.2, 0.25) is 0 Å². The molecule has 1 amide bonds. The van der Waals surface area contributed by atoms with Gasteiger partial charge in [-0.1, -0.05) is 43.6 Å². The standard InChI is InChI=1S/C20H22ClNO3/c1-4-24-14-6-8-17(21)16(10-14)12-5-7-15-13(9-12)11-20(2,3)18(15)25-19(22)23/h5-10,18H,4,11H2,1-3H3,(H2,22,23). The molecular formula is C20H22ClNO3. The maximum absolute atomic E-state index is 11.3. The molecule has 1 atom stereocenters. The van der Waals surface area contributed by atoms with E-state index in [1.807, 2.05) is 37.3 Å². The number of fused-ring (bicyclic) bond motifs is 1. The molecule has 0 aromatic heterocycles. The maximum atomic E-state index is 11.3. The summed E-state index contributed by atoms with van der Waals surface area (Å²) in [5.74, 6) is 0.790. The third-order valence-electron chi connectivity index (χ3n) is 4.58. The Morgan fingerprint density at radius 3 is 2.72 bits per heavy atom. The van der Waals surface area contributed by atoms with E-state index in [1.54, 1.807) is 0 Å². The van der Waals surface area contributed by atoms with Gasteiger partial charge in [0.25, 0.3) is 0 Å². The summed E-state index contributed by atoms with van der Waals surface area (Å²) in [6.07, 6.45) is -0.279. The lowest BCUT2D eigenvalue weighted by molar-refractivity contribution is 0.0392. The molecule has 0 bridgehead atoms. The molecule has 0 saturated carbocycles. The lowest BCUT2D eigenvalue weighted by Gasteiger charge is -2.26. The number of carbonyl (C=O) groups excluding carboxylic acids is 1. The zero-order chi connectivity index (χ0) is 18.2. The van der Waals surface area contributed by atoms with Crippen LogP contribution in [0.1, 0.15) is 38.0 Å². The van der Waals surface area contributed by atoms with Gasteiger partial charge >= 0.3 is 6.09 Å². The van der Waals surface area contributed by atoms with E-state index in [9.17, 15) is 4.79 Å². The first kappa shape index (κ1) is 17.6. The Hall–Kier alpha value is -2.20. The lowest BCUT2D eigenvalue weighted by Crippen LogP contribution is -2.25. The molecule has 0 aliphatic heterocycles. The molecule has 3 rings (SSSR count). The maximum Gasteiger partial charge on any atom is 0.405 e. The molecule has 4 nitrogen and oxygen atoms in total. The van der Waals surface area contributed by atoms with Crippen LogP contribution in [0.4, 0.5) is 4.79 Å². The highest BCUT2D eigenvalue weighted by molar-refractivity contribution is 6.33. The van der Waals surface area contributed by atoms with Crippen LogP contribution in [0.3, 0.4) is 0 Å². The van der Waals surface area contributed by atoms with Gasteiger partial charge in [0.1, 0.15) is 11.9 Å². The summed E-state index contributed by atoms with van der Waals surface area (Å²) in [5, 5.41) is 0.672. The SMILES string of the molecule is CCOc1ccc(Cl)c(-c2ccc3c(c2)CC(C)(C)C3OC(N)=O)c1. The highest BCUT2D eigenvalue weighted by atomic mass is 35.5. The summed E-state index contributed by atoms with van der Waals surface area (Å²) in [6, 6.07) is 11.8. The summed E-state index contributed by atoms with van der Waals surface area (Å²) in [5.41, 5.74) is 9.13. The van der Waals surface area contributed by atoms with E-state index < -0.39 is 6.09 Å². The molecule has 0 saturated heterocycles. The van der Waals surface area contributed by atoms with E-state index in [0.717, 1.165) is 34.4 Å². The molecule has 2 aromatic carbocycles. The molecule has 1 aliphatic rings. The van der Waals surface area contributed by atoms with Gasteiger partial charge < -0.3 is 15.2 Å². The van der Waals surface area contributed by atoms with E-state index in [-0.39, 0.29) is 11.5 Å². The van der Waals surface area contributed by atoms with E-state index in [1.165, 1.54) is 0 Å². The fourth-order valence-corrected chi connectivity index (χ4v) is 3.73. The van der Waals surface area contributed by atoms with Crippen molar-refractivity contribution < 1.29 is 14.3 Å². The van der Waals surface area contributed by atoms with Gasteiger partial charge in [-0.2, -0.15) is 0 Å². The molecule has 2 N–H and O–H groups in total. The first-order valence-electron chi connectivity index (χ1n) is 8.33. The lowest BCUT2D eigenvalue weighted by atomic mass is 9.87. The smallest absolute Gasteiger partial charge is 0.405 e. The predicted molar refractivity (Wildman–Crippen MR) is 99.0 cm³/mol. The number of ether oxygens (including phenoxy) is 2. The zero-order valence-electron chi connectivity index (χ0n) is 14.6. The number of primary amides is 1. The van der Waals surface area contributed by atoms with E-state index in [4.69, 9.17) is 26.8 Å². The van der Waals surface area contributed by atoms with Crippen LogP contribution in [-0.2, 0) is 11.2 Å². The Morgan fingerprint density at radius 1 is 1.28 bits per heavy atom. The average Bonchev–Trinajstić information content (AvgIpc) is 2.78. The summed E-state index contributed by atoms with van der Waals surface area (Å²) < 4.78 is 10.9. The molecular weight excluding hydrogens is 338 g/mol. The third-order valence-corrected chi connectivity index (χ3v) is 4.90. The molecule has 5 heteroatoms. The van der Waals surface area contributed by atoms with Crippen LogP contribution in [0, 0.1) is 5.41 Å². The van der Waals surface area contributed by atoms with Crippen molar-refractivity contribution in [3.8, 4) is 16.9 Å². The van der Waals surface area contributed by atoms with Crippen molar-refractivity contribution in [1.29, 1.82) is 0 Å². The molecule has 25 heavy (non-hydrogen) atoms. The fourth-order valence-electron chi connectivity index (χ4n) is 3.51.